The quantitative estimate of drug-likeness (QED) is 0.0129. The van der Waals surface area contributed by atoms with Crippen molar-refractivity contribution in [1.29, 1.82) is 0 Å². The minimum Gasteiger partial charge on any atom is -0.481 e. The van der Waals surface area contributed by atoms with Crippen molar-refractivity contribution in [3.8, 4) is 0 Å². The Balaban J connectivity index is 5.77. The highest BCUT2D eigenvalue weighted by Crippen LogP contribution is 2.44. The molecule has 636 valence electrons. The van der Waals surface area contributed by atoms with Gasteiger partial charge in [-0.3, -0.25) is 46.9 Å². The number of esters is 1. The Bertz CT molecular complexity index is 2290. The second-order valence-corrected chi connectivity index (χ2v) is 33.2. The van der Waals surface area contributed by atoms with Crippen LogP contribution in [0.3, 0.4) is 0 Å². The third kappa shape index (κ3) is 69.4. The van der Waals surface area contributed by atoms with Crippen LogP contribution in [0.2, 0.25) is 0 Å². The van der Waals surface area contributed by atoms with E-state index in [9.17, 15) is 57.6 Å². The van der Waals surface area contributed by atoms with Crippen molar-refractivity contribution in [1.82, 2.24) is 21.3 Å². The first-order chi connectivity index (χ1) is 52.2. The number of ether oxygens (including phenoxy) is 3. The average Bonchev–Trinajstić information content (AvgIpc) is 0.866. The van der Waals surface area contributed by atoms with Gasteiger partial charge in [0.1, 0.15) is 17.7 Å². The number of nitrogens with one attached hydrogen (secondary N) is 4. The number of amides is 4. The molecule has 0 heterocycles. The molecule has 0 bridgehead atoms. The second-order valence-electron chi connectivity index (χ2n) is 30.3. The van der Waals surface area contributed by atoms with Gasteiger partial charge in [-0.25, -0.2) is 13.9 Å². The summed E-state index contributed by atoms with van der Waals surface area (Å²) in [6.07, 6.45) is 51.5. The molecule has 0 aromatic heterocycles. The van der Waals surface area contributed by atoms with Crippen LogP contribution in [0.15, 0.2) is 0 Å². The van der Waals surface area contributed by atoms with Gasteiger partial charge in [-0.2, -0.15) is 0 Å². The number of hydrogen-bond acceptors (Lipinski definition) is 16. The molecule has 0 rings (SSSR count). The molecule has 0 radical (unpaired) electrons. The van der Waals surface area contributed by atoms with Crippen LogP contribution in [0.5, 0.6) is 0 Å². The summed E-state index contributed by atoms with van der Waals surface area (Å²) in [7, 11) is -9.62. The van der Waals surface area contributed by atoms with Crippen LogP contribution in [-0.2, 0) is 70.2 Å². The smallest absolute Gasteiger partial charge is 0.472 e. The first kappa shape index (κ1) is 105. The second kappa shape index (κ2) is 75.0. The molecular formula is C83H160N4O19P2. The lowest BCUT2D eigenvalue weighted by molar-refractivity contribution is -0.150. The molecular weight excluding hydrogens is 1420 g/mol. The topological polar surface area (TPSA) is 327 Å². The maximum Gasteiger partial charge on any atom is 0.472 e. The van der Waals surface area contributed by atoms with Gasteiger partial charge in [0.15, 0.2) is 0 Å². The van der Waals surface area contributed by atoms with Crippen LogP contribution in [0.25, 0.3) is 0 Å². The molecule has 7 N–H and O–H groups in total. The number of urea groups is 1. The lowest BCUT2D eigenvalue weighted by atomic mass is 9.82. The number of unbranched alkanes of at least 4 members (excludes halogenated alkanes) is 39. The molecule has 0 spiro atoms. The van der Waals surface area contributed by atoms with Crippen LogP contribution >= 0.6 is 15.6 Å². The number of phosphoric acid groups is 2. The summed E-state index contributed by atoms with van der Waals surface area (Å²) in [4.78, 5) is 112. The zero-order chi connectivity index (χ0) is 79.7. The fourth-order valence-corrected chi connectivity index (χ4v) is 14.9. The summed E-state index contributed by atoms with van der Waals surface area (Å²) >= 11 is 0. The monoisotopic (exact) mass is 1580 g/mol. The van der Waals surface area contributed by atoms with E-state index >= 15 is 0 Å². The molecule has 0 fully saturated rings. The van der Waals surface area contributed by atoms with Crippen molar-refractivity contribution in [3.05, 3.63) is 0 Å². The van der Waals surface area contributed by atoms with E-state index in [4.69, 9.17) is 32.3 Å². The zero-order valence-electron chi connectivity index (χ0n) is 69.1. The van der Waals surface area contributed by atoms with Crippen LogP contribution in [0, 0.1) is 11.8 Å². The van der Waals surface area contributed by atoms with Crippen molar-refractivity contribution in [3.63, 3.8) is 0 Å². The Morgan fingerprint density at radius 3 is 1.02 bits per heavy atom. The maximum absolute atomic E-state index is 13.3. The van der Waals surface area contributed by atoms with Gasteiger partial charge in [-0.05, 0) is 57.3 Å². The third-order valence-electron chi connectivity index (χ3n) is 19.9. The van der Waals surface area contributed by atoms with Gasteiger partial charge in [-0.15, -0.1) is 0 Å². The summed E-state index contributed by atoms with van der Waals surface area (Å²) in [5.74, 6) is -3.37. The number of hydrogen-bond donors (Lipinski definition) is 7. The fraction of sp³-hybridized carbons (Fsp3) is 0.916. The highest BCUT2D eigenvalue weighted by molar-refractivity contribution is 7.47. The van der Waals surface area contributed by atoms with Gasteiger partial charge in [-0.1, -0.05) is 305 Å². The van der Waals surface area contributed by atoms with Crippen molar-refractivity contribution in [2.24, 2.45) is 11.8 Å². The van der Waals surface area contributed by atoms with E-state index in [1.165, 1.54) is 122 Å². The highest BCUT2D eigenvalue weighted by atomic mass is 31.2. The molecule has 23 nitrogen and oxygen atoms in total. The lowest BCUT2D eigenvalue weighted by Crippen LogP contribution is -2.42. The third-order valence-corrected chi connectivity index (χ3v) is 21.9. The molecule has 0 saturated heterocycles. The highest BCUT2D eigenvalue weighted by Gasteiger charge is 2.30. The van der Waals surface area contributed by atoms with Gasteiger partial charge in [0, 0.05) is 45.4 Å². The van der Waals surface area contributed by atoms with Crippen molar-refractivity contribution >= 4 is 57.0 Å². The number of carbonyl (C=O) groups excluding carboxylic acids is 6. The molecule has 4 amide bonds. The molecule has 0 aliphatic rings. The Hall–Kier alpha value is -3.37. The molecule has 3 unspecified atom stereocenters. The predicted octanol–water partition coefficient (Wildman–Crippen LogP) is 20.5. The van der Waals surface area contributed by atoms with Crippen molar-refractivity contribution < 1.29 is 89.9 Å². The van der Waals surface area contributed by atoms with E-state index in [1.807, 2.05) is 0 Å². The standard InChI is InChI=1S/C83H160N4O19P2/c1-7-13-19-25-29-33-36-42-47-53-75(88)66-79(90)86-73(68-100-62-58-72(52-46-40-23-17-11-5)78(82(93)94)56-50-44-38-32-28-22-16-10-4)70-104-107(96,97)102-64-60-84-83(95)85-61-65-103-108(98,99)105-71-74(87-80(91)67-76(89)54-48-43-37-34-30-26-20-14-8-2)69-101-63-59-77(55-49-41-24-18-12-6)106-81(92)57-51-45-39-35-31-27-21-15-9-3/h72-74,77-78H,7-71H2,1-6H3,(H,86,90)(H,87,91)(H,93,94)(H,96,97)(H,98,99)(H2,84,85,95)/t72-,73-,74-,77-,78?/m1/s1. The summed E-state index contributed by atoms with van der Waals surface area (Å²) in [6, 6.07) is -2.75. The fourth-order valence-electron chi connectivity index (χ4n) is 13.4. The zero-order valence-corrected chi connectivity index (χ0v) is 70.9. The molecule has 0 aromatic rings. The maximum atomic E-state index is 13.3. The van der Waals surface area contributed by atoms with Crippen LogP contribution in [0.4, 0.5) is 4.79 Å². The van der Waals surface area contributed by atoms with Crippen molar-refractivity contribution in [2.75, 3.05) is 65.9 Å². The summed E-state index contributed by atoms with van der Waals surface area (Å²) in [5.41, 5.74) is 0. The van der Waals surface area contributed by atoms with E-state index < -0.39 is 90.3 Å². The molecule has 0 aromatic carbocycles. The van der Waals surface area contributed by atoms with E-state index in [1.54, 1.807) is 0 Å². The summed E-state index contributed by atoms with van der Waals surface area (Å²) < 4.78 is 65.4. The number of rotatable bonds is 84. The molecule has 7 atom stereocenters. The summed E-state index contributed by atoms with van der Waals surface area (Å²) in [5, 5.41) is 20.8. The summed E-state index contributed by atoms with van der Waals surface area (Å²) in [6.45, 7) is 10.4. The van der Waals surface area contributed by atoms with E-state index in [-0.39, 0.29) is 88.3 Å². The predicted molar refractivity (Wildman–Crippen MR) is 433 cm³/mol. The number of carboxylic acid groups (broad SMARTS) is 1. The molecule has 0 saturated carbocycles. The Morgan fingerprint density at radius 2 is 0.657 bits per heavy atom. The van der Waals surface area contributed by atoms with Gasteiger partial charge >= 0.3 is 33.6 Å². The van der Waals surface area contributed by atoms with E-state index in [0.29, 0.717) is 44.9 Å². The first-order valence-corrected chi connectivity index (χ1v) is 46.7. The number of phosphoric ester groups is 2. The van der Waals surface area contributed by atoms with Crippen LogP contribution in [0.1, 0.15) is 395 Å². The number of ketones is 2. The Morgan fingerprint density at radius 1 is 0.343 bits per heavy atom. The Kier molecular flexibility index (Phi) is 72.7. The largest absolute Gasteiger partial charge is 0.481 e. The van der Waals surface area contributed by atoms with Gasteiger partial charge < -0.3 is 50.4 Å². The Labute approximate surface area is 655 Å². The van der Waals surface area contributed by atoms with Crippen LogP contribution in [-0.4, -0.2) is 140 Å². The van der Waals surface area contributed by atoms with E-state index in [2.05, 4.69) is 62.8 Å². The van der Waals surface area contributed by atoms with E-state index in [0.717, 1.165) is 161 Å². The minimum atomic E-state index is -4.82. The lowest BCUT2D eigenvalue weighted by Gasteiger charge is -2.25. The number of carboxylic acids is 1. The number of aliphatic carboxylic acids is 1. The molecule has 0 aliphatic carbocycles. The first-order valence-electron chi connectivity index (χ1n) is 43.7. The van der Waals surface area contributed by atoms with Gasteiger partial charge in [0.05, 0.1) is 77.1 Å². The number of carbonyl (C=O) groups is 7. The minimum absolute atomic E-state index is 0.139. The van der Waals surface area contributed by atoms with Crippen LogP contribution < -0.4 is 21.3 Å². The molecule has 25 heteroatoms. The molecule has 0 aliphatic heterocycles. The SMILES string of the molecule is CCCCCCCCCCCC(=O)CC(=O)N[C@H](COCC[C@@H](CCCCCCC)OC(=O)CCCCCCCCCCC)COP(=O)(O)OCCNC(=O)NCCOP(=O)(O)OC[C@@H](COCC[C@@H](CCCCCCC)C(CCCCCCCCCC)C(=O)O)NC(=O)CC(=O)CCCCCCCCCCC. The number of Topliss-reactive ketones (excluding diaryl/α,β-unsaturated/α-hetero) is 2. The van der Waals surface area contributed by atoms with Gasteiger partial charge in [0.2, 0.25) is 11.8 Å². The van der Waals surface area contributed by atoms with Crippen molar-refractivity contribution in [2.45, 2.75) is 413 Å². The molecule has 108 heavy (non-hydrogen) atoms. The average molecular weight is 1580 g/mol. The normalized spacial score (nSPS) is 14.1. The van der Waals surface area contributed by atoms with Gasteiger partial charge in [0.25, 0.3) is 0 Å².